The van der Waals surface area contributed by atoms with Crippen molar-refractivity contribution in [3.8, 4) is 0 Å². The van der Waals surface area contributed by atoms with Crippen LogP contribution >= 0.6 is 0 Å². The second-order valence-corrected chi connectivity index (χ2v) is 5.43. The molecule has 1 aliphatic carbocycles. The summed E-state index contributed by atoms with van der Waals surface area (Å²) in [6, 6.07) is 0. The average molecular weight is 241 g/mol. The van der Waals surface area contributed by atoms with E-state index in [9.17, 15) is 4.79 Å². The van der Waals surface area contributed by atoms with Gasteiger partial charge in [0, 0.05) is 13.0 Å². The highest BCUT2D eigenvalue weighted by molar-refractivity contribution is 5.69. The molecular weight excluding hydrogens is 214 g/mol. The molecule has 0 saturated heterocycles. The van der Waals surface area contributed by atoms with Crippen LogP contribution in [0.5, 0.6) is 0 Å². The molecule has 1 fully saturated rings. The molecule has 1 rings (SSSR count). The SMILES string of the molecule is CCCN(C)C[C@H]1CC[C@H](CC(=O)OC)CC1. The Kier molecular flexibility index (Phi) is 6.56. The second kappa shape index (κ2) is 7.70. The third-order valence-corrected chi connectivity index (χ3v) is 3.82. The van der Waals surface area contributed by atoms with Crippen molar-refractivity contribution in [2.45, 2.75) is 45.4 Å². The zero-order valence-corrected chi connectivity index (χ0v) is 11.6. The molecule has 0 radical (unpaired) electrons. The summed E-state index contributed by atoms with van der Waals surface area (Å²) in [4.78, 5) is 13.6. The van der Waals surface area contributed by atoms with E-state index in [0.717, 1.165) is 5.92 Å². The Hall–Kier alpha value is -0.570. The fraction of sp³-hybridized carbons (Fsp3) is 0.929. The zero-order chi connectivity index (χ0) is 12.7. The van der Waals surface area contributed by atoms with Crippen molar-refractivity contribution < 1.29 is 9.53 Å². The fourth-order valence-electron chi connectivity index (χ4n) is 2.85. The molecule has 100 valence electrons. The molecule has 1 saturated carbocycles. The van der Waals surface area contributed by atoms with Gasteiger partial charge in [-0.05, 0) is 57.5 Å². The lowest BCUT2D eigenvalue weighted by atomic mass is 9.80. The van der Waals surface area contributed by atoms with Crippen LogP contribution < -0.4 is 0 Å². The molecule has 0 aromatic heterocycles. The lowest BCUT2D eigenvalue weighted by Crippen LogP contribution is -2.29. The Morgan fingerprint density at radius 1 is 1.24 bits per heavy atom. The number of methoxy groups -OCH3 is 1. The van der Waals surface area contributed by atoms with Crippen molar-refractivity contribution in [1.29, 1.82) is 0 Å². The van der Waals surface area contributed by atoms with Gasteiger partial charge in [-0.3, -0.25) is 4.79 Å². The molecule has 0 amide bonds. The number of rotatable bonds is 6. The van der Waals surface area contributed by atoms with Crippen LogP contribution in [0.3, 0.4) is 0 Å². The van der Waals surface area contributed by atoms with Crippen molar-refractivity contribution in [3.05, 3.63) is 0 Å². The van der Waals surface area contributed by atoms with E-state index in [0.29, 0.717) is 12.3 Å². The van der Waals surface area contributed by atoms with E-state index in [1.807, 2.05) is 0 Å². The minimum atomic E-state index is -0.0449. The molecule has 0 heterocycles. The zero-order valence-electron chi connectivity index (χ0n) is 11.6. The van der Waals surface area contributed by atoms with E-state index < -0.39 is 0 Å². The van der Waals surface area contributed by atoms with Gasteiger partial charge in [0.05, 0.1) is 7.11 Å². The lowest BCUT2D eigenvalue weighted by Gasteiger charge is -2.30. The van der Waals surface area contributed by atoms with Crippen LogP contribution in [-0.2, 0) is 9.53 Å². The van der Waals surface area contributed by atoms with Gasteiger partial charge in [-0.1, -0.05) is 6.92 Å². The van der Waals surface area contributed by atoms with Crippen LogP contribution in [0.1, 0.15) is 45.4 Å². The average Bonchev–Trinajstić information content (AvgIpc) is 2.32. The molecule has 1 aliphatic rings. The highest BCUT2D eigenvalue weighted by atomic mass is 16.5. The number of esters is 1. The van der Waals surface area contributed by atoms with E-state index in [4.69, 9.17) is 4.74 Å². The Bertz CT molecular complexity index is 222. The van der Waals surface area contributed by atoms with Gasteiger partial charge in [0.15, 0.2) is 0 Å². The molecule has 3 nitrogen and oxygen atoms in total. The van der Waals surface area contributed by atoms with Gasteiger partial charge in [0.2, 0.25) is 0 Å². The predicted octanol–water partition coefficient (Wildman–Crippen LogP) is 2.70. The van der Waals surface area contributed by atoms with Gasteiger partial charge in [-0.15, -0.1) is 0 Å². The minimum absolute atomic E-state index is 0.0449. The molecule has 0 atom stereocenters. The van der Waals surface area contributed by atoms with Gasteiger partial charge in [0.25, 0.3) is 0 Å². The summed E-state index contributed by atoms with van der Waals surface area (Å²) in [6.07, 6.45) is 6.78. The molecule has 0 spiro atoms. The number of ether oxygens (including phenoxy) is 1. The summed E-state index contributed by atoms with van der Waals surface area (Å²) < 4.78 is 4.73. The quantitative estimate of drug-likeness (QED) is 0.670. The molecule has 0 aromatic rings. The maximum absolute atomic E-state index is 11.2. The first-order chi connectivity index (χ1) is 8.15. The van der Waals surface area contributed by atoms with Gasteiger partial charge < -0.3 is 9.64 Å². The largest absolute Gasteiger partial charge is 0.469 e. The van der Waals surface area contributed by atoms with Crippen LogP contribution in [-0.4, -0.2) is 38.1 Å². The fourth-order valence-corrected chi connectivity index (χ4v) is 2.85. The van der Waals surface area contributed by atoms with Crippen LogP contribution in [0.2, 0.25) is 0 Å². The molecule has 3 heteroatoms. The summed E-state index contributed by atoms with van der Waals surface area (Å²) in [7, 11) is 3.69. The first-order valence-corrected chi connectivity index (χ1v) is 6.91. The monoisotopic (exact) mass is 241 g/mol. The molecule has 0 aromatic carbocycles. The highest BCUT2D eigenvalue weighted by Gasteiger charge is 2.23. The number of carbonyl (C=O) groups is 1. The molecule has 17 heavy (non-hydrogen) atoms. The van der Waals surface area contributed by atoms with Crippen molar-refractivity contribution in [2.24, 2.45) is 11.8 Å². The summed E-state index contributed by atoms with van der Waals surface area (Å²) in [5.74, 6) is 1.35. The van der Waals surface area contributed by atoms with E-state index in [-0.39, 0.29) is 5.97 Å². The van der Waals surface area contributed by atoms with Gasteiger partial charge in [-0.25, -0.2) is 0 Å². The maximum atomic E-state index is 11.2. The Morgan fingerprint density at radius 2 is 1.82 bits per heavy atom. The molecule has 0 unspecified atom stereocenters. The minimum Gasteiger partial charge on any atom is -0.469 e. The summed E-state index contributed by atoms with van der Waals surface area (Å²) in [6.45, 7) is 4.64. The van der Waals surface area contributed by atoms with E-state index in [2.05, 4.69) is 18.9 Å². The summed E-state index contributed by atoms with van der Waals surface area (Å²) >= 11 is 0. The van der Waals surface area contributed by atoms with Crippen molar-refractivity contribution >= 4 is 5.97 Å². The van der Waals surface area contributed by atoms with E-state index >= 15 is 0 Å². The van der Waals surface area contributed by atoms with Gasteiger partial charge in [0.1, 0.15) is 0 Å². The standard InChI is InChI=1S/C14H27NO2/c1-4-9-15(2)11-13-7-5-12(6-8-13)10-14(16)17-3/h12-13H,4-11H2,1-3H3/t12-,13-. The van der Waals surface area contributed by atoms with Crippen LogP contribution in [0, 0.1) is 11.8 Å². The number of nitrogens with zero attached hydrogens (tertiary/aromatic N) is 1. The second-order valence-electron chi connectivity index (χ2n) is 5.43. The Morgan fingerprint density at radius 3 is 2.35 bits per heavy atom. The third kappa shape index (κ3) is 5.53. The maximum Gasteiger partial charge on any atom is 0.305 e. The van der Waals surface area contributed by atoms with Crippen LogP contribution in [0.25, 0.3) is 0 Å². The highest BCUT2D eigenvalue weighted by Crippen LogP contribution is 2.31. The number of hydrogen-bond acceptors (Lipinski definition) is 3. The van der Waals surface area contributed by atoms with Crippen molar-refractivity contribution in [2.75, 3.05) is 27.2 Å². The Labute approximate surface area is 106 Å². The predicted molar refractivity (Wildman–Crippen MR) is 69.9 cm³/mol. The van der Waals surface area contributed by atoms with Crippen LogP contribution in [0.4, 0.5) is 0 Å². The first kappa shape index (κ1) is 14.5. The van der Waals surface area contributed by atoms with E-state index in [1.165, 1.54) is 52.3 Å². The third-order valence-electron chi connectivity index (χ3n) is 3.82. The Balaban J connectivity index is 2.19. The molecule has 0 bridgehead atoms. The molecular formula is C14H27NO2. The van der Waals surface area contributed by atoms with E-state index in [1.54, 1.807) is 0 Å². The lowest BCUT2D eigenvalue weighted by molar-refractivity contribution is -0.142. The summed E-state index contributed by atoms with van der Waals surface area (Å²) in [5.41, 5.74) is 0. The normalized spacial score (nSPS) is 24.9. The smallest absolute Gasteiger partial charge is 0.305 e. The first-order valence-electron chi connectivity index (χ1n) is 6.91. The molecule has 0 N–H and O–H groups in total. The van der Waals surface area contributed by atoms with Gasteiger partial charge in [-0.2, -0.15) is 0 Å². The van der Waals surface area contributed by atoms with Crippen molar-refractivity contribution in [1.82, 2.24) is 4.90 Å². The topological polar surface area (TPSA) is 29.5 Å². The van der Waals surface area contributed by atoms with Crippen molar-refractivity contribution in [3.63, 3.8) is 0 Å². The number of carbonyl (C=O) groups excluding carboxylic acids is 1. The van der Waals surface area contributed by atoms with Crippen LogP contribution in [0.15, 0.2) is 0 Å². The summed E-state index contributed by atoms with van der Waals surface area (Å²) in [5, 5.41) is 0. The van der Waals surface area contributed by atoms with Gasteiger partial charge >= 0.3 is 5.97 Å². The molecule has 0 aliphatic heterocycles. The number of hydrogen-bond donors (Lipinski definition) is 0.